The first-order valence-corrected chi connectivity index (χ1v) is 6.80. The quantitative estimate of drug-likeness (QED) is 0.666. The number of aliphatic carboxylic acids is 1. The van der Waals surface area contributed by atoms with Crippen molar-refractivity contribution in [3.05, 3.63) is 35.9 Å². The summed E-state index contributed by atoms with van der Waals surface area (Å²) in [7, 11) is 1.57. The minimum Gasteiger partial charge on any atom is -0.496 e. The van der Waals surface area contributed by atoms with Crippen LogP contribution in [-0.4, -0.2) is 30.8 Å². The number of carboxylic acids is 1. The first-order valence-electron chi connectivity index (χ1n) is 6.80. The topological polar surface area (TPSA) is 72.8 Å². The third kappa shape index (κ3) is 3.07. The molecule has 1 aromatic rings. The average molecular weight is 290 g/mol. The monoisotopic (exact) mass is 290 g/mol. The van der Waals surface area contributed by atoms with Crippen molar-refractivity contribution in [2.75, 3.05) is 13.7 Å². The molecular formula is C16H18O5. The van der Waals surface area contributed by atoms with Crippen LogP contribution in [0.1, 0.15) is 24.8 Å². The lowest BCUT2D eigenvalue weighted by atomic mass is 9.78. The Morgan fingerprint density at radius 2 is 2.24 bits per heavy atom. The summed E-state index contributed by atoms with van der Waals surface area (Å²) >= 11 is 0. The fourth-order valence-corrected chi connectivity index (χ4v) is 2.44. The summed E-state index contributed by atoms with van der Waals surface area (Å²) in [6, 6.07) is 7.40. The van der Waals surface area contributed by atoms with Crippen LogP contribution in [0.4, 0.5) is 0 Å². The summed E-state index contributed by atoms with van der Waals surface area (Å²) in [5.74, 6) is -1.08. The second-order valence-electron chi connectivity index (χ2n) is 4.98. The number of ether oxygens (including phenoxy) is 2. The highest BCUT2D eigenvalue weighted by Crippen LogP contribution is 2.35. The maximum atomic E-state index is 11.9. The lowest BCUT2D eigenvalue weighted by Gasteiger charge is -2.29. The molecule has 0 aliphatic carbocycles. The van der Waals surface area contributed by atoms with Crippen LogP contribution in [0.25, 0.3) is 6.08 Å². The number of benzene rings is 1. The third-order valence-electron chi connectivity index (χ3n) is 3.68. The Morgan fingerprint density at radius 3 is 2.90 bits per heavy atom. The Hall–Kier alpha value is -2.30. The van der Waals surface area contributed by atoms with E-state index < -0.39 is 17.4 Å². The van der Waals surface area contributed by atoms with Gasteiger partial charge in [0.2, 0.25) is 0 Å². The van der Waals surface area contributed by atoms with Gasteiger partial charge in [-0.2, -0.15) is 0 Å². The molecule has 1 aliphatic rings. The zero-order valence-corrected chi connectivity index (χ0v) is 11.9. The number of esters is 1. The molecule has 1 heterocycles. The molecule has 0 amide bonds. The molecule has 1 saturated heterocycles. The largest absolute Gasteiger partial charge is 0.496 e. The number of carboxylic acid groups (broad SMARTS) is 1. The molecule has 1 aromatic carbocycles. The fourth-order valence-electron chi connectivity index (χ4n) is 2.44. The molecular weight excluding hydrogens is 272 g/mol. The average Bonchev–Trinajstić information content (AvgIpc) is 2.49. The summed E-state index contributed by atoms with van der Waals surface area (Å²) in [5, 5.41) is 9.40. The highest BCUT2D eigenvalue weighted by molar-refractivity contribution is 5.99. The summed E-state index contributed by atoms with van der Waals surface area (Å²) in [6.07, 6.45) is 4.45. The summed E-state index contributed by atoms with van der Waals surface area (Å²) in [4.78, 5) is 23.4. The van der Waals surface area contributed by atoms with Gasteiger partial charge in [0.25, 0.3) is 0 Å². The minimum atomic E-state index is -1.46. The molecule has 2 rings (SSSR count). The lowest BCUT2D eigenvalue weighted by Crippen LogP contribution is -2.43. The van der Waals surface area contributed by atoms with E-state index in [2.05, 4.69) is 0 Å². The number of allylic oxidation sites excluding steroid dienone is 1. The third-order valence-corrected chi connectivity index (χ3v) is 3.68. The van der Waals surface area contributed by atoms with Gasteiger partial charge in [0.05, 0.1) is 13.7 Å². The first kappa shape index (κ1) is 15.1. The van der Waals surface area contributed by atoms with Gasteiger partial charge >= 0.3 is 11.9 Å². The lowest BCUT2D eigenvalue weighted by molar-refractivity contribution is -0.174. The van der Waals surface area contributed by atoms with Gasteiger partial charge in [-0.3, -0.25) is 9.59 Å². The van der Waals surface area contributed by atoms with Crippen molar-refractivity contribution in [2.24, 2.45) is 5.41 Å². The van der Waals surface area contributed by atoms with E-state index in [1.165, 1.54) is 0 Å². The number of hydrogen-bond acceptors (Lipinski definition) is 4. The molecule has 1 N–H and O–H groups in total. The van der Waals surface area contributed by atoms with Crippen LogP contribution in [-0.2, 0) is 14.3 Å². The molecule has 5 nitrogen and oxygen atoms in total. The predicted molar refractivity (Wildman–Crippen MR) is 76.9 cm³/mol. The Labute approximate surface area is 123 Å². The normalized spacial score (nSPS) is 22.0. The number of carbonyl (C=O) groups excluding carboxylic acids is 1. The van der Waals surface area contributed by atoms with E-state index >= 15 is 0 Å². The second-order valence-corrected chi connectivity index (χ2v) is 4.98. The van der Waals surface area contributed by atoms with Gasteiger partial charge in [-0.25, -0.2) is 0 Å². The summed E-state index contributed by atoms with van der Waals surface area (Å²) in [5.41, 5.74) is -0.624. The number of cyclic esters (lactones) is 1. The molecule has 1 atom stereocenters. The van der Waals surface area contributed by atoms with Crippen molar-refractivity contribution in [3.63, 3.8) is 0 Å². The maximum Gasteiger partial charge on any atom is 0.323 e. The zero-order chi connectivity index (χ0) is 15.3. The van der Waals surface area contributed by atoms with Crippen molar-refractivity contribution >= 4 is 18.0 Å². The van der Waals surface area contributed by atoms with Gasteiger partial charge in [0.1, 0.15) is 5.75 Å². The van der Waals surface area contributed by atoms with Crippen LogP contribution < -0.4 is 4.74 Å². The van der Waals surface area contributed by atoms with Crippen molar-refractivity contribution < 1.29 is 24.2 Å². The van der Waals surface area contributed by atoms with Gasteiger partial charge in [0, 0.05) is 5.56 Å². The molecule has 0 aromatic heterocycles. The van der Waals surface area contributed by atoms with Crippen LogP contribution >= 0.6 is 0 Å². The first-order chi connectivity index (χ1) is 10.1. The Morgan fingerprint density at radius 1 is 1.48 bits per heavy atom. The van der Waals surface area contributed by atoms with Crippen molar-refractivity contribution in [1.29, 1.82) is 0 Å². The smallest absolute Gasteiger partial charge is 0.323 e. The number of hydrogen-bond donors (Lipinski definition) is 1. The molecule has 21 heavy (non-hydrogen) atoms. The van der Waals surface area contributed by atoms with E-state index in [-0.39, 0.29) is 6.42 Å². The fraction of sp³-hybridized carbons (Fsp3) is 0.375. The zero-order valence-electron chi connectivity index (χ0n) is 11.9. The summed E-state index contributed by atoms with van der Waals surface area (Å²) < 4.78 is 10.1. The number of methoxy groups -OCH3 is 1. The van der Waals surface area contributed by atoms with E-state index in [0.717, 1.165) is 5.56 Å². The SMILES string of the molecule is COc1ccccc1/C=C/C[C@@]1(C(=O)O)CCCOC1=O. The molecule has 1 aliphatic heterocycles. The van der Waals surface area contributed by atoms with Crippen molar-refractivity contribution in [2.45, 2.75) is 19.3 Å². The van der Waals surface area contributed by atoms with Gasteiger partial charge in [0.15, 0.2) is 5.41 Å². The van der Waals surface area contributed by atoms with E-state index in [0.29, 0.717) is 25.2 Å². The van der Waals surface area contributed by atoms with Gasteiger partial charge in [-0.15, -0.1) is 0 Å². The number of para-hydroxylation sites is 1. The Bertz CT molecular complexity index is 564. The maximum absolute atomic E-state index is 11.9. The molecule has 0 saturated carbocycles. The van der Waals surface area contributed by atoms with Crippen molar-refractivity contribution in [1.82, 2.24) is 0 Å². The van der Waals surface area contributed by atoms with E-state index in [1.54, 1.807) is 19.3 Å². The number of rotatable bonds is 5. The van der Waals surface area contributed by atoms with Crippen LogP contribution in [0.15, 0.2) is 30.3 Å². The Kier molecular flexibility index (Phi) is 4.62. The van der Waals surface area contributed by atoms with E-state index in [4.69, 9.17) is 9.47 Å². The molecule has 0 unspecified atom stereocenters. The molecule has 1 fully saturated rings. The minimum absolute atomic E-state index is 0.110. The van der Waals surface area contributed by atoms with Crippen LogP contribution in [0.2, 0.25) is 0 Å². The molecule has 112 valence electrons. The molecule has 0 radical (unpaired) electrons. The Balaban J connectivity index is 2.17. The van der Waals surface area contributed by atoms with E-state index in [1.807, 2.05) is 24.3 Å². The molecule has 5 heteroatoms. The van der Waals surface area contributed by atoms with Crippen LogP contribution in [0.5, 0.6) is 5.75 Å². The van der Waals surface area contributed by atoms with Gasteiger partial charge < -0.3 is 14.6 Å². The molecule has 0 spiro atoms. The highest BCUT2D eigenvalue weighted by Gasteiger charge is 2.48. The molecule has 0 bridgehead atoms. The van der Waals surface area contributed by atoms with Gasteiger partial charge in [-0.1, -0.05) is 30.4 Å². The summed E-state index contributed by atoms with van der Waals surface area (Å²) in [6.45, 7) is 0.296. The van der Waals surface area contributed by atoms with Crippen molar-refractivity contribution in [3.8, 4) is 5.75 Å². The highest BCUT2D eigenvalue weighted by atomic mass is 16.5. The second kappa shape index (κ2) is 6.43. The van der Waals surface area contributed by atoms with Gasteiger partial charge in [-0.05, 0) is 25.3 Å². The number of carbonyl (C=O) groups is 2. The van der Waals surface area contributed by atoms with Crippen LogP contribution in [0.3, 0.4) is 0 Å². The van der Waals surface area contributed by atoms with E-state index in [9.17, 15) is 14.7 Å². The standard InChI is InChI=1S/C16H18O5/c1-20-13-8-3-2-6-12(13)7-4-9-16(14(17)18)10-5-11-21-15(16)19/h2-4,6-8H,5,9-11H2,1H3,(H,17,18)/b7-4+/t16-/m0/s1. The predicted octanol–water partition coefficient (Wildman–Crippen LogP) is 2.51. The van der Waals surface area contributed by atoms with Crippen LogP contribution in [0, 0.1) is 5.41 Å².